The van der Waals surface area contributed by atoms with Crippen molar-refractivity contribution in [1.29, 1.82) is 0 Å². The first-order valence-electron chi connectivity index (χ1n) is 8.11. The Kier molecular flexibility index (Phi) is 6.69. The van der Waals surface area contributed by atoms with Crippen molar-refractivity contribution in [3.8, 4) is 5.75 Å². The number of esters is 1. The summed E-state index contributed by atoms with van der Waals surface area (Å²) in [6.45, 7) is 5.54. The highest BCUT2D eigenvalue weighted by Crippen LogP contribution is 2.22. The summed E-state index contributed by atoms with van der Waals surface area (Å²) in [5.74, 6) is -1.22. The fraction of sp³-hybridized carbons (Fsp3) is 0.250. The molecule has 6 heteroatoms. The quantitative estimate of drug-likeness (QED) is 0.426. The van der Waals surface area contributed by atoms with Crippen LogP contribution < -0.4 is 4.74 Å². The first-order chi connectivity index (χ1) is 12.3. The van der Waals surface area contributed by atoms with Crippen LogP contribution >= 0.6 is 15.9 Å². The molecular formula is C20H20BrNO4. The maximum atomic E-state index is 12.2. The summed E-state index contributed by atoms with van der Waals surface area (Å²) in [6.07, 6.45) is 1.48. The lowest BCUT2D eigenvalue weighted by Crippen LogP contribution is -2.24. The van der Waals surface area contributed by atoms with E-state index < -0.39 is 18.0 Å². The molecule has 2 aromatic carbocycles. The minimum Gasteiger partial charge on any atom is -0.480 e. The second-order valence-corrected chi connectivity index (χ2v) is 7.20. The summed E-state index contributed by atoms with van der Waals surface area (Å²) in [5.41, 5.74) is 2.15. The van der Waals surface area contributed by atoms with Crippen molar-refractivity contribution in [2.45, 2.75) is 26.8 Å². The largest absolute Gasteiger partial charge is 0.480 e. The van der Waals surface area contributed by atoms with Crippen molar-refractivity contribution >= 4 is 34.1 Å². The Morgan fingerprint density at radius 3 is 2.38 bits per heavy atom. The third-order valence-electron chi connectivity index (χ3n) is 3.66. The van der Waals surface area contributed by atoms with E-state index in [9.17, 15) is 14.7 Å². The lowest BCUT2D eigenvalue weighted by molar-refractivity contribution is -0.139. The standard InChI is InChI=1S/C20H20BrNO4/c1-12(2)18(19(23)24)22-11-14-8-16(21)10-17(9-14)26-20(25)15-6-4-13(3)5-7-15/h4-12,18H,1-3H3,(H,23,24). The van der Waals surface area contributed by atoms with Crippen molar-refractivity contribution in [1.82, 2.24) is 0 Å². The van der Waals surface area contributed by atoms with Crippen LogP contribution in [0.3, 0.4) is 0 Å². The molecule has 1 atom stereocenters. The van der Waals surface area contributed by atoms with Gasteiger partial charge >= 0.3 is 11.9 Å². The predicted octanol–water partition coefficient (Wildman–Crippen LogP) is 4.50. The fourth-order valence-electron chi connectivity index (χ4n) is 2.26. The number of rotatable bonds is 6. The maximum absolute atomic E-state index is 12.2. The molecular weight excluding hydrogens is 398 g/mol. The monoisotopic (exact) mass is 417 g/mol. The molecule has 26 heavy (non-hydrogen) atoms. The van der Waals surface area contributed by atoms with Gasteiger partial charge in [0, 0.05) is 10.7 Å². The van der Waals surface area contributed by atoms with Gasteiger partial charge in [0.1, 0.15) is 11.8 Å². The molecule has 2 rings (SSSR count). The highest BCUT2D eigenvalue weighted by atomic mass is 79.9. The third-order valence-corrected chi connectivity index (χ3v) is 4.12. The van der Waals surface area contributed by atoms with Crippen LogP contribution in [-0.4, -0.2) is 29.3 Å². The summed E-state index contributed by atoms with van der Waals surface area (Å²) < 4.78 is 6.12. The van der Waals surface area contributed by atoms with Crippen molar-refractivity contribution in [2.24, 2.45) is 10.9 Å². The van der Waals surface area contributed by atoms with E-state index in [1.54, 1.807) is 44.2 Å². The third kappa shape index (κ3) is 5.52. The normalized spacial score (nSPS) is 12.3. The molecule has 0 aliphatic carbocycles. The van der Waals surface area contributed by atoms with Crippen LogP contribution in [0.15, 0.2) is 51.9 Å². The first-order valence-corrected chi connectivity index (χ1v) is 8.91. The van der Waals surface area contributed by atoms with Crippen LogP contribution in [-0.2, 0) is 4.79 Å². The molecule has 1 unspecified atom stereocenters. The number of carbonyl (C=O) groups is 2. The van der Waals surface area contributed by atoms with Crippen molar-refractivity contribution in [3.05, 3.63) is 63.6 Å². The SMILES string of the molecule is Cc1ccc(C(=O)Oc2cc(Br)cc(C=NC(C(=O)O)C(C)C)c2)cc1. The van der Waals surface area contributed by atoms with Crippen LogP contribution in [0, 0.1) is 12.8 Å². The molecule has 0 heterocycles. The lowest BCUT2D eigenvalue weighted by Gasteiger charge is -2.11. The van der Waals surface area contributed by atoms with Gasteiger partial charge in [-0.2, -0.15) is 0 Å². The summed E-state index contributed by atoms with van der Waals surface area (Å²) in [5, 5.41) is 9.20. The molecule has 0 saturated carbocycles. The molecule has 0 aromatic heterocycles. The number of ether oxygens (including phenoxy) is 1. The zero-order chi connectivity index (χ0) is 19.3. The fourth-order valence-corrected chi connectivity index (χ4v) is 2.75. The molecule has 0 aliphatic heterocycles. The number of hydrogen-bond donors (Lipinski definition) is 1. The smallest absolute Gasteiger partial charge is 0.343 e. The molecule has 0 aliphatic rings. The highest BCUT2D eigenvalue weighted by molar-refractivity contribution is 9.10. The van der Waals surface area contributed by atoms with Gasteiger partial charge in [-0.25, -0.2) is 9.59 Å². The van der Waals surface area contributed by atoms with E-state index in [0.717, 1.165) is 5.56 Å². The van der Waals surface area contributed by atoms with E-state index in [4.69, 9.17) is 4.74 Å². The van der Waals surface area contributed by atoms with Gasteiger partial charge in [-0.1, -0.05) is 47.5 Å². The summed E-state index contributed by atoms with van der Waals surface area (Å²) in [6, 6.07) is 11.3. The maximum Gasteiger partial charge on any atom is 0.343 e. The number of aryl methyl sites for hydroxylation is 1. The Morgan fingerprint density at radius 2 is 1.81 bits per heavy atom. The van der Waals surface area contributed by atoms with Crippen LogP contribution in [0.1, 0.15) is 35.3 Å². The Bertz CT molecular complexity index is 828. The lowest BCUT2D eigenvalue weighted by atomic mass is 10.1. The van der Waals surface area contributed by atoms with E-state index in [0.29, 0.717) is 21.3 Å². The van der Waals surface area contributed by atoms with E-state index in [2.05, 4.69) is 20.9 Å². The van der Waals surface area contributed by atoms with Crippen LogP contribution in [0.4, 0.5) is 0 Å². The van der Waals surface area contributed by atoms with Crippen molar-refractivity contribution in [3.63, 3.8) is 0 Å². The Labute approximate surface area is 160 Å². The molecule has 136 valence electrons. The molecule has 0 bridgehead atoms. The predicted molar refractivity (Wildman–Crippen MR) is 104 cm³/mol. The van der Waals surface area contributed by atoms with Gasteiger partial charge in [0.25, 0.3) is 0 Å². The van der Waals surface area contributed by atoms with Gasteiger partial charge in [0.2, 0.25) is 0 Å². The summed E-state index contributed by atoms with van der Waals surface area (Å²) in [7, 11) is 0. The number of carboxylic acids is 1. The number of carbonyl (C=O) groups excluding carboxylic acids is 1. The van der Waals surface area contributed by atoms with E-state index >= 15 is 0 Å². The average Bonchev–Trinajstić information content (AvgIpc) is 2.54. The average molecular weight is 418 g/mol. The van der Waals surface area contributed by atoms with E-state index in [1.807, 2.05) is 19.1 Å². The molecule has 0 saturated heterocycles. The second-order valence-electron chi connectivity index (χ2n) is 6.28. The number of aliphatic imine (C=N–C) groups is 1. The van der Waals surface area contributed by atoms with Gasteiger partial charge in [-0.05, 0) is 48.7 Å². The number of aliphatic carboxylic acids is 1. The molecule has 0 amide bonds. The van der Waals surface area contributed by atoms with Crippen molar-refractivity contribution in [2.75, 3.05) is 0 Å². The number of benzene rings is 2. The van der Waals surface area contributed by atoms with Gasteiger partial charge in [0.15, 0.2) is 0 Å². The van der Waals surface area contributed by atoms with Crippen LogP contribution in [0.5, 0.6) is 5.75 Å². The molecule has 2 aromatic rings. The Hall–Kier alpha value is -2.47. The molecule has 5 nitrogen and oxygen atoms in total. The number of nitrogens with zero attached hydrogens (tertiary/aromatic N) is 1. The van der Waals surface area contributed by atoms with Gasteiger partial charge < -0.3 is 9.84 Å². The zero-order valence-corrected chi connectivity index (χ0v) is 16.4. The number of halogens is 1. The Balaban J connectivity index is 2.20. The number of carboxylic acid groups (broad SMARTS) is 1. The van der Waals surface area contributed by atoms with Crippen LogP contribution in [0.2, 0.25) is 0 Å². The topological polar surface area (TPSA) is 76.0 Å². The highest BCUT2D eigenvalue weighted by Gasteiger charge is 2.19. The number of hydrogen-bond acceptors (Lipinski definition) is 4. The van der Waals surface area contributed by atoms with Crippen molar-refractivity contribution < 1.29 is 19.4 Å². The summed E-state index contributed by atoms with van der Waals surface area (Å²) >= 11 is 3.36. The summed E-state index contributed by atoms with van der Waals surface area (Å²) in [4.78, 5) is 27.6. The molecule has 1 N–H and O–H groups in total. The van der Waals surface area contributed by atoms with E-state index in [-0.39, 0.29) is 5.92 Å². The zero-order valence-electron chi connectivity index (χ0n) is 14.8. The minimum atomic E-state index is -0.975. The van der Waals surface area contributed by atoms with Gasteiger partial charge in [0.05, 0.1) is 5.56 Å². The van der Waals surface area contributed by atoms with E-state index in [1.165, 1.54) is 6.21 Å². The van der Waals surface area contributed by atoms with Gasteiger partial charge in [-0.15, -0.1) is 0 Å². The molecule has 0 spiro atoms. The molecule has 0 fully saturated rings. The Morgan fingerprint density at radius 1 is 1.15 bits per heavy atom. The first kappa shape index (κ1) is 19.8. The van der Waals surface area contributed by atoms with Crippen LogP contribution in [0.25, 0.3) is 0 Å². The van der Waals surface area contributed by atoms with Gasteiger partial charge in [-0.3, -0.25) is 4.99 Å². The molecule has 0 radical (unpaired) electrons. The second kappa shape index (κ2) is 8.76. The minimum absolute atomic E-state index is 0.130.